The third-order valence-corrected chi connectivity index (χ3v) is 4.30. The number of anilines is 1. The summed E-state index contributed by atoms with van der Waals surface area (Å²) in [5.41, 5.74) is 1.19. The molecule has 1 aromatic carbocycles. The SMILES string of the molecule is COc1cc(OC)c(NC(=O)Cc2cn3ccsc3n2)cc1Cl. The van der Waals surface area contributed by atoms with Crippen LogP contribution in [0.3, 0.4) is 0 Å². The van der Waals surface area contributed by atoms with Crippen LogP contribution in [0, 0.1) is 0 Å². The van der Waals surface area contributed by atoms with Gasteiger partial charge in [0.25, 0.3) is 0 Å². The van der Waals surface area contributed by atoms with Crippen LogP contribution in [0.2, 0.25) is 5.02 Å². The Labute approximate surface area is 141 Å². The van der Waals surface area contributed by atoms with Gasteiger partial charge in [-0.2, -0.15) is 0 Å². The van der Waals surface area contributed by atoms with E-state index in [9.17, 15) is 4.79 Å². The lowest BCUT2D eigenvalue weighted by molar-refractivity contribution is -0.115. The van der Waals surface area contributed by atoms with E-state index in [1.165, 1.54) is 25.6 Å². The number of benzene rings is 1. The molecule has 0 bridgehead atoms. The first-order chi connectivity index (χ1) is 11.1. The highest BCUT2D eigenvalue weighted by molar-refractivity contribution is 7.15. The lowest BCUT2D eigenvalue weighted by atomic mass is 10.2. The molecule has 0 saturated heterocycles. The van der Waals surface area contributed by atoms with E-state index >= 15 is 0 Å². The van der Waals surface area contributed by atoms with Crippen molar-refractivity contribution in [2.24, 2.45) is 0 Å². The first-order valence-electron chi connectivity index (χ1n) is 6.73. The van der Waals surface area contributed by atoms with Crippen molar-refractivity contribution in [2.75, 3.05) is 19.5 Å². The molecule has 23 heavy (non-hydrogen) atoms. The van der Waals surface area contributed by atoms with Crippen LogP contribution in [0.5, 0.6) is 11.5 Å². The fourth-order valence-electron chi connectivity index (χ4n) is 2.18. The van der Waals surface area contributed by atoms with Crippen molar-refractivity contribution in [1.29, 1.82) is 0 Å². The molecule has 0 atom stereocenters. The van der Waals surface area contributed by atoms with Crippen LogP contribution < -0.4 is 14.8 Å². The highest BCUT2D eigenvalue weighted by Gasteiger charge is 2.14. The fraction of sp³-hybridized carbons (Fsp3) is 0.200. The normalized spacial score (nSPS) is 10.7. The number of hydrogen-bond acceptors (Lipinski definition) is 5. The van der Waals surface area contributed by atoms with Crippen molar-refractivity contribution < 1.29 is 14.3 Å². The molecule has 3 aromatic rings. The summed E-state index contributed by atoms with van der Waals surface area (Å²) in [7, 11) is 3.03. The molecule has 6 nitrogen and oxygen atoms in total. The molecule has 0 spiro atoms. The first-order valence-corrected chi connectivity index (χ1v) is 7.99. The topological polar surface area (TPSA) is 64.9 Å². The van der Waals surface area contributed by atoms with Gasteiger partial charge in [0.15, 0.2) is 4.96 Å². The molecule has 0 aliphatic carbocycles. The summed E-state index contributed by atoms with van der Waals surface area (Å²) in [5.74, 6) is 0.761. The number of ether oxygens (including phenoxy) is 2. The number of fused-ring (bicyclic) bond motifs is 1. The molecule has 0 unspecified atom stereocenters. The molecule has 2 aromatic heterocycles. The van der Waals surface area contributed by atoms with E-state index in [-0.39, 0.29) is 12.3 Å². The molecule has 8 heteroatoms. The van der Waals surface area contributed by atoms with Crippen LogP contribution >= 0.6 is 22.9 Å². The monoisotopic (exact) mass is 351 g/mol. The summed E-state index contributed by atoms with van der Waals surface area (Å²) < 4.78 is 12.3. The summed E-state index contributed by atoms with van der Waals surface area (Å²) in [6.07, 6.45) is 3.91. The number of halogens is 1. The second-order valence-corrected chi connectivity index (χ2v) is 6.02. The van der Waals surface area contributed by atoms with Crippen molar-refractivity contribution in [1.82, 2.24) is 9.38 Å². The summed E-state index contributed by atoms with van der Waals surface area (Å²) in [6, 6.07) is 3.23. The molecule has 0 saturated carbocycles. The van der Waals surface area contributed by atoms with Gasteiger partial charge in [0.1, 0.15) is 11.5 Å². The number of carbonyl (C=O) groups is 1. The lowest BCUT2D eigenvalue weighted by Gasteiger charge is -2.12. The van der Waals surface area contributed by atoms with Crippen LogP contribution in [0.1, 0.15) is 5.69 Å². The number of nitrogens with zero attached hydrogens (tertiary/aromatic N) is 2. The molecule has 120 valence electrons. The Morgan fingerprint density at radius 3 is 2.83 bits per heavy atom. The summed E-state index contributed by atoms with van der Waals surface area (Å²) >= 11 is 7.61. The van der Waals surface area contributed by atoms with E-state index in [1.54, 1.807) is 12.1 Å². The third-order valence-electron chi connectivity index (χ3n) is 3.23. The lowest BCUT2D eigenvalue weighted by Crippen LogP contribution is -2.15. The molecule has 0 fully saturated rings. The van der Waals surface area contributed by atoms with E-state index in [2.05, 4.69) is 10.3 Å². The van der Waals surface area contributed by atoms with E-state index in [1.807, 2.05) is 22.2 Å². The molecule has 1 amide bonds. The van der Waals surface area contributed by atoms with E-state index in [0.29, 0.717) is 27.9 Å². The molecule has 0 radical (unpaired) electrons. The fourth-order valence-corrected chi connectivity index (χ4v) is 3.14. The van der Waals surface area contributed by atoms with E-state index < -0.39 is 0 Å². The summed E-state index contributed by atoms with van der Waals surface area (Å²) in [6.45, 7) is 0. The zero-order valence-electron chi connectivity index (χ0n) is 12.5. The number of aromatic nitrogens is 2. The number of thiazole rings is 1. The number of methoxy groups -OCH3 is 2. The van der Waals surface area contributed by atoms with Gasteiger partial charge in [0, 0.05) is 23.8 Å². The quantitative estimate of drug-likeness (QED) is 0.766. The maximum absolute atomic E-state index is 12.2. The molecule has 3 rings (SSSR count). The van der Waals surface area contributed by atoms with Gasteiger partial charge < -0.3 is 14.8 Å². The molecule has 2 heterocycles. The number of imidazole rings is 1. The van der Waals surface area contributed by atoms with Crippen molar-refractivity contribution in [3.63, 3.8) is 0 Å². The first kappa shape index (κ1) is 15.6. The Bertz CT molecular complexity index is 830. The average molecular weight is 352 g/mol. The van der Waals surface area contributed by atoms with Gasteiger partial charge in [-0.25, -0.2) is 4.98 Å². The largest absolute Gasteiger partial charge is 0.495 e. The number of nitrogens with one attached hydrogen (secondary N) is 1. The highest BCUT2D eigenvalue weighted by Crippen LogP contribution is 2.35. The molecule has 0 aliphatic heterocycles. The summed E-state index contributed by atoms with van der Waals surface area (Å²) in [4.78, 5) is 17.5. The Balaban J connectivity index is 1.76. The predicted molar refractivity (Wildman–Crippen MR) is 90.0 cm³/mol. The summed E-state index contributed by atoms with van der Waals surface area (Å²) in [5, 5.41) is 5.12. The van der Waals surface area contributed by atoms with Crippen LogP contribution in [0.15, 0.2) is 29.9 Å². The molecular weight excluding hydrogens is 338 g/mol. The van der Waals surface area contributed by atoms with Gasteiger partial charge >= 0.3 is 0 Å². The third kappa shape index (κ3) is 3.25. The van der Waals surface area contributed by atoms with Gasteiger partial charge in [-0.05, 0) is 6.07 Å². The Hall–Kier alpha value is -2.25. The van der Waals surface area contributed by atoms with Gasteiger partial charge in [-0.3, -0.25) is 9.20 Å². The van der Waals surface area contributed by atoms with E-state index in [0.717, 1.165) is 4.96 Å². The van der Waals surface area contributed by atoms with E-state index in [4.69, 9.17) is 21.1 Å². The predicted octanol–water partition coefficient (Wildman–Crippen LogP) is 3.25. The number of rotatable bonds is 5. The minimum atomic E-state index is -0.199. The second kappa shape index (κ2) is 6.47. The van der Waals surface area contributed by atoms with Gasteiger partial charge in [-0.1, -0.05) is 11.6 Å². The minimum absolute atomic E-state index is 0.168. The van der Waals surface area contributed by atoms with Gasteiger partial charge in [-0.15, -0.1) is 11.3 Å². The second-order valence-electron chi connectivity index (χ2n) is 4.74. The maximum atomic E-state index is 12.2. The average Bonchev–Trinajstić information content (AvgIpc) is 3.08. The zero-order chi connectivity index (χ0) is 16.4. The van der Waals surface area contributed by atoms with Crippen LogP contribution in [-0.2, 0) is 11.2 Å². The Morgan fingerprint density at radius 2 is 2.13 bits per heavy atom. The van der Waals surface area contributed by atoms with Gasteiger partial charge in [0.2, 0.25) is 5.91 Å². The van der Waals surface area contributed by atoms with Crippen molar-refractivity contribution >= 4 is 39.5 Å². The zero-order valence-corrected chi connectivity index (χ0v) is 14.1. The number of amides is 1. The molecular formula is C15H14ClN3O3S. The van der Waals surface area contributed by atoms with Crippen LogP contribution in [0.25, 0.3) is 4.96 Å². The highest BCUT2D eigenvalue weighted by atomic mass is 35.5. The molecule has 0 aliphatic rings. The van der Waals surface area contributed by atoms with Gasteiger partial charge in [0.05, 0.1) is 37.0 Å². The Kier molecular flexibility index (Phi) is 4.40. The van der Waals surface area contributed by atoms with Crippen molar-refractivity contribution in [3.8, 4) is 11.5 Å². The smallest absolute Gasteiger partial charge is 0.230 e. The maximum Gasteiger partial charge on any atom is 0.230 e. The van der Waals surface area contributed by atoms with Crippen LogP contribution in [0.4, 0.5) is 5.69 Å². The van der Waals surface area contributed by atoms with Crippen molar-refractivity contribution in [2.45, 2.75) is 6.42 Å². The number of hydrogen-bond donors (Lipinski definition) is 1. The molecule has 1 N–H and O–H groups in total. The standard InChI is InChI=1S/C15H14ClN3O3S/c1-21-12-7-13(22-2)11(6-10(12)16)18-14(20)5-9-8-19-3-4-23-15(19)17-9/h3-4,6-8H,5H2,1-2H3,(H,18,20). The van der Waals surface area contributed by atoms with Crippen molar-refractivity contribution in [3.05, 3.63) is 40.6 Å². The number of carbonyl (C=O) groups excluding carboxylic acids is 1. The van der Waals surface area contributed by atoms with Crippen LogP contribution in [-0.4, -0.2) is 29.5 Å². The Morgan fingerprint density at radius 1 is 1.35 bits per heavy atom. The minimum Gasteiger partial charge on any atom is -0.495 e.